The number of nitrogens with one attached hydrogen (secondary N) is 2. The van der Waals surface area contributed by atoms with Crippen LogP contribution in [-0.2, 0) is 4.79 Å². The van der Waals surface area contributed by atoms with Crippen molar-refractivity contribution in [3.05, 3.63) is 120 Å². The van der Waals surface area contributed by atoms with E-state index in [0.717, 1.165) is 28.2 Å². The van der Waals surface area contributed by atoms with Gasteiger partial charge in [-0.05, 0) is 60.2 Å². The summed E-state index contributed by atoms with van der Waals surface area (Å²) in [6.07, 6.45) is 0. The number of nitrogens with two attached hydrogens (primary N) is 1. The van der Waals surface area contributed by atoms with E-state index in [0.29, 0.717) is 22.5 Å². The van der Waals surface area contributed by atoms with Crippen LogP contribution in [0.4, 0.5) is 22.7 Å². The minimum Gasteiger partial charge on any atom is -0.399 e. The van der Waals surface area contributed by atoms with Crippen LogP contribution >= 0.6 is 0 Å². The Labute approximate surface area is 203 Å². The zero-order chi connectivity index (χ0) is 24.4. The molecule has 4 aromatic rings. The van der Waals surface area contributed by atoms with Crippen LogP contribution in [0.5, 0.6) is 0 Å². The summed E-state index contributed by atoms with van der Waals surface area (Å²) in [7, 11) is 1.75. The standard InChI is InChI=1S/C29H24N4O2/c1-33(29(35)20-10-6-3-7-11-20)23-15-13-22(14-16-23)31-27(19-8-4-2-5-9-19)26-24-18-21(30)12-17-25(24)32-28(26)34/h2-18,31H,30H2,1H3,(H,32,34)/b27-26-. The minimum atomic E-state index is -0.193. The van der Waals surface area contributed by atoms with Gasteiger partial charge >= 0.3 is 0 Å². The lowest BCUT2D eigenvalue weighted by Crippen LogP contribution is -2.26. The highest BCUT2D eigenvalue weighted by molar-refractivity contribution is 6.37. The molecule has 6 nitrogen and oxygen atoms in total. The number of fused-ring (bicyclic) bond motifs is 1. The predicted octanol–water partition coefficient (Wildman–Crippen LogP) is 5.48. The van der Waals surface area contributed by atoms with Gasteiger partial charge < -0.3 is 21.3 Å². The predicted molar refractivity (Wildman–Crippen MR) is 142 cm³/mol. The van der Waals surface area contributed by atoms with Crippen molar-refractivity contribution in [1.29, 1.82) is 0 Å². The second kappa shape index (κ2) is 9.19. The fourth-order valence-corrected chi connectivity index (χ4v) is 4.12. The van der Waals surface area contributed by atoms with E-state index in [9.17, 15) is 9.59 Å². The Bertz CT molecular complexity index is 1430. The topological polar surface area (TPSA) is 87.5 Å². The van der Waals surface area contributed by atoms with E-state index in [1.807, 2.05) is 78.9 Å². The maximum atomic E-state index is 13.0. The van der Waals surface area contributed by atoms with Crippen LogP contribution in [0.3, 0.4) is 0 Å². The molecule has 0 aliphatic carbocycles. The lowest BCUT2D eigenvalue weighted by atomic mass is 9.99. The van der Waals surface area contributed by atoms with Gasteiger partial charge in [0, 0.05) is 40.9 Å². The Kier molecular flexibility index (Phi) is 5.77. The molecule has 0 saturated carbocycles. The van der Waals surface area contributed by atoms with Gasteiger partial charge in [0.1, 0.15) is 0 Å². The largest absolute Gasteiger partial charge is 0.399 e. The van der Waals surface area contributed by atoms with Gasteiger partial charge in [-0.1, -0.05) is 48.5 Å². The molecule has 0 unspecified atom stereocenters. The fourth-order valence-electron chi connectivity index (χ4n) is 4.12. The summed E-state index contributed by atoms with van der Waals surface area (Å²) in [6.45, 7) is 0. The molecule has 1 aliphatic heterocycles. The lowest BCUT2D eigenvalue weighted by molar-refractivity contribution is -0.110. The quantitative estimate of drug-likeness (QED) is 0.272. The van der Waals surface area contributed by atoms with Crippen molar-refractivity contribution in [1.82, 2.24) is 0 Å². The maximum Gasteiger partial charge on any atom is 0.258 e. The van der Waals surface area contributed by atoms with Gasteiger partial charge in [-0.2, -0.15) is 0 Å². The van der Waals surface area contributed by atoms with E-state index in [4.69, 9.17) is 5.73 Å². The normalized spacial score (nSPS) is 13.6. The van der Waals surface area contributed by atoms with Crippen LogP contribution in [0.2, 0.25) is 0 Å². The summed E-state index contributed by atoms with van der Waals surface area (Å²) < 4.78 is 0. The molecule has 0 fully saturated rings. The first-order valence-electron chi connectivity index (χ1n) is 11.2. The molecule has 1 heterocycles. The highest BCUT2D eigenvalue weighted by atomic mass is 16.2. The summed E-state index contributed by atoms with van der Waals surface area (Å²) in [4.78, 5) is 27.4. The van der Waals surface area contributed by atoms with Crippen molar-refractivity contribution < 1.29 is 9.59 Å². The molecule has 0 bridgehead atoms. The molecule has 1 aliphatic rings. The molecule has 4 N–H and O–H groups in total. The Balaban J connectivity index is 1.49. The molecule has 0 spiro atoms. The molecule has 6 heteroatoms. The van der Waals surface area contributed by atoms with Crippen LogP contribution in [0.25, 0.3) is 11.3 Å². The van der Waals surface area contributed by atoms with E-state index in [1.54, 1.807) is 36.2 Å². The van der Waals surface area contributed by atoms with E-state index < -0.39 is 0 Å². The zero-order valence-corrected chi connectivity index (χ0v) is 19.2. The first-order valence-corrected chi connectivity index (χ1v) is 11.2. The Morgan fingerprint density at radius 2 is 1.46 bits per heavy atom. The van der Waals surface area contributed by atoms with Crippen LogP contribution in [0, 0.1) is 0 Å². The van der Waals surface area contributed by atoms with Crippen LogP contribution in [-0.4, -0.2) is 18.9 Å². The molecule has 4 aromatic carbocycles. The number of hydrogen-bond acceptors (Lipinski definition) is 4. The number of nitrogen functional groups attached to an aromatic ring is 1. The number of carbonyl (C=O) groups is 2. The summed E-state index contributed by atoms with van der Waals surface area (Å²) in [5, 5.41) is 6.36. The number of nitrogens with zero attached hydrogens (tertiary/aromatic N) is 1. The molecule has 0 saturated heterocycles. The first kappa shape index (κ1) is 22.0. The van der Waals surface area contributed by atoms with Crippen LogP contribution < -0.4 is 21.3 Å². The van der Waals surface area contributed by atoms with E-state index >= 15 is 0 Å². The van der Waals surface area contributed by atoms with E-state index in [2.05, 4.69) is 10.6 Å². The summed E-state index contributed by atoms with van der Waals surface area (Å²) in [5.74, 6) is -0.281. The van der Waals surface area contributed by atoms with Crippen molar-refractivity contribution in [2.24, 2.45) is 0 Å². The SMILES string of the molecule is CN(C(=O)c1ccccc1)c1ccc(N/C(=C2\C(=O)Nc3ccc(N)cc32)c2ccccc2)cc1. The fraction of sp³-hybridized carbons (Fsp3) is 0.0345. The second-order valence-corrected chi connectivity index (χ2v) is 8.28. The van der Waals surface area contributed by atoms with Crippen molar-refractivity contribution >= 4 is 45.8 Å². The van der Waals surface area contributed by atoms with Gasteiger partial charge in [0.25, 0.3) is 11.8 Å². The molecular weight excluding hydrogens is 436 g/mol. The molecule has 2 amide bonds. The first-order chi connectivity index (χ1) is 17.0. The van der Waals surface area contributed by atoms with Crippen molar-refractivity contribution in [3.8, 4) is 0 Å². The van der Waals surface area contributed by atoms with Gasteiger partial charge in [0.2, 0.25) is 0 Å². The number of anilines is 4. The van der Waals surface area contributed by atoms with Gasteiger partial charge in [0.15, 0.2) is 0 Å². The van der Waals surface area contributed by atoms with Gasteiger partial charge in [0.05, 0.1) is 11.3 Å². The molecule has 0 aromatic heterocycles. The average Bonchev–Trinajstić information content (AvgIpc) is 3.22. The third kappa shape index (κ3) is 4.37. The number of carbonyl (C=O) groups excluding carboxylic acids is 2. The highest BCUT2D eigenvalue weighted by Crippen LogP contribution is 2.38. The molecule has 35 heavy (non-hydrogen) atoms. The minimum absolute atomic E-state index is 0.0878. The number of hydrogen-bond donors (Lipinski definition) is 3. The second-order valence-electron chi connectivity index (χ2n) is 8.28. The average molecular weight is 461 g/mol. The van der Waals surface area contributed by atoms with Gasteiger partial charge in [-0.25, -0.2) is 0 Å². The Hall–Kier alpha value is -4.84. The van der Waals surface area contributed by atoms with Gasteiger partial charge in [-0.3, -0.25) is 9.59 Å². The monoisotopic (exact) mass is 460 g/mol. The van der Waals surface area contributed by atoms with Gasteiger partial charge in [-0.15, -0.1) is 0 Å². The highest BCUT2D eigenvalue weighted by Gasteiger charge is 2.28. The van der Waals surface area contributed by atoms with Crippen LogP contribution in [0.15, 0.2) is 103 Å². The summed E-state index contributed by atoms with van der Waals surface area (Å²) >= 11 is 0. The maximum absolute atomic E-state index is 13.0. The van der Waals surface area contributed by atoms with Crippen molar-refractivity contribution in [2.45, 2.75) is 0 Å². The summed E-state index contributed by atoms with van der Waals surface area (Å²) in [6, 6.07) is 31.8. The molecule has 0 atom stereocenters. The van der Waals surface area contributed by atoms with Crippen LogP contribution in [0.1, 0.15) is 21.5 Å². The molecule has 5 rings (SSSR count). The molecule has 172 valence electrons. The zero-order valence-electron chi connectivity index (χ0n) is 19.2. The van der Waals surface area contributed by atoms with Crippen molar-refractivity contribution in [2.75, 3.05) is 28.3 Å². The van der Waals surface area contributed by atoms with E-state index in [-0.39, 0.29) is 11.8 Å². The summed E-state index contributed by atoms with van der Waals surface area (Å²) in [5.41, 5.74) is 12.3. The number of benzene rings is 4. The smallest absolute Gasteiger partial charge is 0.258 e. The third-order valence-electron chi connectivity index (χ3n) is 5.95. The van der Waals surface area contributed by atoms with Crippen molar-refractivity contribution in [3.63, 3.8) is 0 Å². The van der Waals surface area contributed by atoms with E-state index in [1.165, 1.54) is 0 Å². The number of rotatable bonds is 5. The molecular formula is C29H24N4O2. The third-order valence-corrected chi connectivity index (χ3v) is 5.95. The lowest BCUT2D eigenvalue weighted by Gasteiger charge is -2.19. The molecule has 0 radical (unpaired) electrons. The Morgan fingerprint density at radius 1 is 0.829 bits per heavy atom. The Morgan fingerprint density at radius 3 is 2.11 bits per heavy atom. The number of amides is 2.